The van der Waals surface area contributed by atoms with Crippen molar-refractivity contribution in [1.82, 2.24) is 4.98 Å². The minimum Gasteiger partial charge on any atom is -0.462 e. The van der Waals surface area contributed by atoms with Gasteiger partial charge >= 0.3 is 12.1 Å². The first-order valence-corrected chi connectivity index (χ1v) is 10.7. The van der Waals surface area contributed by atoms with Crippen LogP contribution in [0.25, 0.3) is 6.08 Å². The fourth-order valence-electron chi connectivity index (χ4n) is 3.53. The van der Waals surface area contributed by atoms with Gasteiger partial charge in [-0.25, -0.2) is 9.78 Å². The summed E-state index contributed by atoms with van der Waals surface area (Å²) < 4.78 is 42.9. The van der Waals surface area contributed by atoms with Crippen molar-refractivity contribution in [3.63, 3.8) is 0 Å². The third kappa shape index (κ3) is 6.34. The maximum Gasteiger partial charge on any atom is 0.417 e. The van der Waals surface area contributed by atoms with Gasteiger partial charge in [-0.2, -0.15) is 18.4 Å². The molecule has 1 amide bonds. The Morgan fingerprint density at radius 1 is 1.21 bits per heavy atom. The zero-order chi connectivity index (χ0) is 24.7. The molecular formula is C24H23F3N4O3. The molecule has 1 aliphatic rings. The van der Waals surface area contributed by atoms with Gasteiger partial charge < -0.3 is 15.0 Å². The quantitative estimate of drug-likeness (QED) is 0.380. The predicted octanol–water partition coefficient (Wildman–Crippen LogP) is 4.43. The zero-order valence-corrected chi connectivity index (χ0v) is 18.4. The topological polar surface area (TPSA) is 95.3 Å². The van der Waals surface area contributed by atoms with Gasteiger partial charge in [-0.05, 0) is 55.7 Å². The maximum atomic E-state index is 12.7. The van der Waals surface area contributed by atoms with Crippen LogP contribution in [0.1, 0.15) is 30.9 Å². The van der Waals surface area contributed by atoms with Gasteiger partial charge in [0.15, 0.2) is 0 Å². The molecule has 2 aromatic rings. The molecule has 34 heavy (non-hydrogen) atoms. The molecule has 1 saturated heterocycles. The Labute approximate surface area is 194 Å². The van der Waals surface area contributed by atoms with E-state index in [0.717, 1.165) is 12.3 Å². The number of benzene rings is 1. The summed E-state index contributed by atoms with van der Waals surface area (Å²) in [6, 6.07) is 10.8. The van der Waals surface area contributed by atoms with Crippen LogP contribution in [0.3, 0.4) is 0 Å². The molecule has 0 unspecified atom stereocenters. The van der Waals surface area contributed by atoms with E-state index in [9.17, 15) is 22.8 Å². The van der Waals surface area contributed by atoms with Crippen LogP contribution >= 0.6 is 0 Å². The number of nitriles is 1. The number of hydrogen-bond acceptors (Lipinski definition) is 6. The van der Waals surface area contributed by atoms with Crippen LogP contribution in [0.2, 0.25) is 0 Å². The van der Waals surface area contributed by atoms with Gasteiger partial charge in [0.2, 0.25) is 5.91 Å². The summed E-state index contributed by atoms with van der Waals surface area (Å²) in [4.78, 5) is 30.1. The van der Waals surface area contributed by atoms with Crippen molar-refractivity contribution in [3.05, 3.63) is 59.3 Å². The van der Waals surface area contributed by atoms with E-state index in [1.807, 2.05) is 11.0 Å². The van der Waals surface area contributed by atoms with Crippen LogP contribution in [0, 0.1) is 17.2 Å². The lowest BCUT2D eigenvalue weighted by molar-refractivity contribution is -0.138. The second-order valence-corrected chi connectivity index (χ2v) is 7.67. The van der Waals surface area contributed by atoms with Gasteiger partial charge in [0.25, 0.3) is 0 Å². The molecule has 0 spiro atoms. The van der Waals surface area contributed by atoms with Gasteiger partial charge in [-0.15, -0.1) is 0 Å². The van der Waals surface area contributed by atoms with Crippen molar-refractivity contribution >= 4 is 29.5 Å². The molecule has 2 heterocycles. The first-order chi connectivity index (χ1) is 16.2. The second kappa shape index (κ2) is 10.8. The van der Waals surface area contributed by atoms with E-state index >= 15 is 0 Å². The maximum absolute atomic E-state index is 12.7. The predicted molar refractivity (Wildman–Crippen MR) is 119 cm³/mol. The molecule has 1 N–H and O–H groups in total. The molecule has 1 aliphatic heterocycles. The number of nitrogens with one attached hydrogen (secondary N) is 1. The van der Waals surface area contributed by atoms with E-state index in [1.165, 1.54) is 12.1 Å². The largest absolute Gasteiger partial charge is 0.462 e. The number of piperidine rings is 1. The first-order valence-electron chi connectivity index (χ1n) is 10.7. The monoisotopic (exact) mass is 472 g/mol. The third-order valence-corrected chi connectivity index (χ3v) is 5.37. The standard InChI is InChI=1S/C24H23F3N4O3/c1-2-34-23(33)18(14-28)13-16-3-6-20(7-4-16)30-22(32)17-9-11-31(12-10-17)21-8-5-19(15-29-21)24(25,26)27/h3-8,13,15,17H,2,9-12H2,1H3,(H,30,32). The highest BCUT2D eigenvalue weighted by Gasteiger charge is 2.31. The highest BCUT2D eigenvalue weighted by Crippen LogP contribution is 2.30. The average Bonchev–Trinajstić information content (AvgIpc) is 2.83. The van der Waals surface area contributed by atoms with Crippen LogP contribution in [0.5, 0.6) is 0 Å². The summed E-state index contributed by atoms with van der Waals surface area (Å²) in [5.74, 6) is -0.623. The van der Waals surface area contributed by atoms with Gasteiger partial charge in [0.05, 0.1) is 12.2 Å². The molecule has 10 heteroatoms. The van der Waals surface area contributed by atoms with Gasteiger partial charge in [-0.3, -0.25) is 4.79 Å². The molecule has 0 bridgehead atoms. The molecule has 3 rings (SSSR count). The third-order valence-electron chi connectivity index (χ3n) is 5.37. The van der Waals surface area contributed by atoms with Crippen molar-refractivity contribution < 1.29 is 27.5 Å². The van der Waals surface area contributed by atoms with E-state index in [4.69, 9.17) is 10.00 Å². The highest BCUT2D eigenvalue weighted by molar-refractivity contribution is 5.98. The zero-order valence-electron chi connectivity index (χ0n) is 18.4. The number of hydrogen-bond donors (Lipinski definition) is 1. The van der Waals surface area contributed by atoms with E-state index in [0.29, 0.717) is 43.0 Å². The van der Waals surface area contributed by atoms with E-state index < -0.39 is 17.7 Å². The molecule has 0 aliphatic carbocycles. The summed E-state index contributed by atoms with van der Waals surface area (Å²) in [5.41, 5.74) is 0.272. The van der Waals surface area contributed by atoms with E-state index in [2.05, 4.69) is 10.3 Å². The van der Waals surface area contributed by atoms with E-state index in [-0.39, 0.29) is 24.0 Å². The number of carbonyl (C=O) groups excluding carboxylic acids is 2. The lowest BCUT2D eigenvalue weighted by Gasteiger charge is -2.32. The second-order valence-electron chi connectivity index (χ2n) is 7.67. The Balaban J connectivity index is 1.54. The first kappa shape index (κ1) is 24.8. The SMILES string of the molecule is CCOC(=O)C(C#N)=Cc1ccc(NC(=O)C2CCN(c3ccc(C(F)(F)F)cn3)CC2)cc1. The molecular weight excluding hydrogens is 449 g/mol. The van der Waals surface area contributed by atoms with Crippen LogP contribution in [-0.4, -0.2) is 36.6 Å². The number of aromatic nitrogens is 1. The summed E-state index contributed by atoms with van der Waals surface area (Å²) >= 11 is 0. The normalized spacial score (nSPS) is 14.9. The number of anilines is 2. The summed E-state index contributed by atoms with van der Waals surface area (Å²) in [6.45, 7) is 2.83. The van der Waals surface area contributed by atoms with Gasteiger partial charge in [-0.1, -0.05) is 12.1 Å². The fourth-order valence-corrected chi connectivity index (χ4v) is 3.53. The van der Waals surface area contributed by atoms with Crippen LogP contribution in [0.15, 0.2) is 48.2 Å². The summed E-state index contributed by atoms with van der Waals surface area (Å²) in [5, 5.41) is 12.0. The number of carbonyl (C=O) groups is 2. The molecule has 178 valence electrons. The number of pyridine rings is 1. The van der Waals surface area contributed by atoms with Crippen LogP contribution in [0.4, 0.5) is 24.7 Å². The number of alkyl halides is 3. The van der Waals surface area contributed by atoms with Gasteiger partial charge in [0.1, 0.15) is 17.5 Å². The van der Waals surface area contributed by atoms with E-state index in [1.54, 1.807) is 31.2 Å². The number of nitrogens with zero attached hydrogens (tertiary/aromatic N) is 3. The smallest absolute Gasteiger partial charge is 0.417 e. The minimum absolute atomic E-state index is 0.118. The molecule has 1 aromatic carbocycles. The molecule has 7 nitrogen and oxygen atoms in total. The molecule has 1 aromatic heterocycles. The van der Waals surface area contributed by atoms with Crippen molar-refractivity contribution in [2.75, 3.05) is 29.9 Å². The van der Waals surface area contributed by atoms with Gasteiger partial charge in [0, 0.05) is 30.9 Å². The summed E-state index contributed by atoms with van der Waals surface area (Å²) in [6.07, 6.45) is -1.11. The van der Waals surface area contributed by atoms with Crippen LogP contribution < -0.4 is 10.2 Å². The summed E-state index contributed by atoms with van der Waals surface area (Å²) in [7, 11) is 0. The highest BCUT2D eigenvalue weighted by atomic mass is 19.4. The molecule has 0 saturated carbocycles. The Bertz CT molecular complexity index is 1080. The molecule has 0 atom stereocenters. The van der Waals surface area contributed by atoms with Crippen molar-refractivity contribution in [3.8, 4) is 6.07 Å². The Morgan fingerprint density at radius 3 is 2.41 bits per heavy atom. The van der Waals surface area contributed by atoms with Crippen molar-refractivity contribution in [1.29, 1.82) is 5.26 Å². The number of ether oxygens (including phenoxy) is 1. The number of esters is 1. The lowest BCUT2D eigenvalue weighted by Crippen LogP contribution is -2.38. The number of halogens is 3. The average molecular weight is 472 g/mol. The van der Waals surface area contributed by atoms with Crippen molar-refractivity contribution in [2.45, 2.75) is 25.9 Å². The Hall–Kier alpha value is -3.87. The van der Waals surface area contributed by atoms with Crippen molar-refractivity contribution in [2.24, 2.45) is 5.92 Å². The minimum atomic E-state index is -4.43. The van der Waals surface area contributed by atoms with Crippen LogP contribution in [-0.2, 0) is 20.5 Å². The number of rotatable bonds is 6. The number of amides is 1. The Morgan fingerprint density at radius 2 is 1.88 bits per heavy atom. The molecule has 1 fully saturated rings. The fraction of sp³-hybridized carbons (Fsp3) is 0.333. The molecule has 0 radical (unpaired) electrons. The lowest BCUT2D eigenvalue weighted by atomic mass is 9.95. The Kier molecular flexibility index (Phi) is 7.89.